The average Bonchev–Trinajstić information content (AvgIpc) is 2.27. The molecule has 8 nitrogen and oxygen atoms in total. The van der Waals surface area contributed by atoms with E-state index in [-0.39, 0.29) is 12.8 Å². The Morgan fingerprint density at radius 3 is 1.06 bits per heavy atom. The van der Waals surface area contributed by atoms with E-state index in [9.17, 15) is 19.2 Å². The van der Waals surface area contributed by atoms with Crippen LogP contribution in [0, 0.1) is 0 Å². The Morgan fingerprint density at radius 1 is 0.625 bits per heavy atom. The Labute approximate surface area is 89.5 Å². The molecule has 0 saturated carbocycles. The van der Waals surface area contributed by atoms with E-state index in [0.717, 1.165) is 0 Å². The van der Waals surface area contributed by atoms with Crippen molar-refractivity contribution in [2.45, 2.75) is 25.2 Å². The van der Waals surface area contributed by atoms with Crippen LogP contribution >= 0.6 is 0 Å². The van der Waals surface area contributed by atoms with Crippen molar-refractivity contribution in [1.82, 2.24) is 0 Å². The molecule has 16 heavy (non-hydrogen) atoms. The van der Waals surface area contributed by atoms with Crippen molar-refractivity contribution in [3.63, 3.8) is 0 Å². The van der Waals surface area contributed by atoms with E-state index in [4.69, 9.17) is 0 Å². The first-order valence-corrected chi connectivity index (χ1v) is 4.06. The van der Waals surface area contributed by atoms with Crippen LogP contribution < -0.4 is 0 Å². The predicted octanol–water partition coefficient (Wildman–Crippen LogP) is -0.238. The van der Waals surface area contributed by atoms with Gasteiger partial charge in [-0.15, -0.1) is 0 Å². The van der Waals surface area contributed by atoms with Crippen molar-refractivity contribution in [3.05, 3.63) is 0 Å². The van der Waals surface area contributed by atoms with Crippen molar-refractivity contribution in [1.29, 1.82) is 0 Å². The Hall–Kier alpha value is -2.48. The van der Waals surface area contributed by atoms with Crippen LogP contribution in [0.1, 0.15) is 12.8 Å². The molecular formula is C8H6N4O4. The van der Waals surface area contributed by atoms with Crippen molar-refractivity contribution >= 4 is 24.3 Å². The minimum atomic E-state index is -0.957. The van der Waals surface area contributed by atoms with E-state index in [1.165, 1.54) is 24.3 Å². The van der Waals surface area contributed by atoms with Crippen LogP contribution in [0.2, 0.25) is 0 Å². The van der Waals surface area contributed by atoms with E-state index < -0.39 is 12.3 Å². The standard InChI is InChI=1S/C8H6N4O4/c13-3-9-7(10-4-14)1-2-8(11-5-15)12-6-16/h7-8H,1-2H2. The first kappa shape index (κ1) is 13.5. The van der Waals surface area contributed by atoms with Crippen LogP contribution in [-0.4, -0.2) is 36.7 Å². The summed E-state index contributed by atoms with van der Waals surface area (Å²) in [4.78, 5) is 52.5. The van der Waals surface area contributed by atoms with Gasteiger partial charge in [-0.2, -0.15) is 20.0 Å². The fourth-order valence-electron chi connectivity index (χ4n) is 0.857. The molecule has 0 aromatic heterocycles. The summed E-state index contributed by atoms with van der Waals surface area (Å²) in [6.07, 6.45) is 3.17. The molecule has 0 aliphatic carbocycles. The Balaban J connectivity index is 4.46. The number of carbonyl (C=O) groups excluding carboxylic acids is 4. The Morgan fingerprint density at radius 2 is 0.875 bits per heavy atom. The summed E-state index contributed by atoms with van der Waals surface area (Å²) in [5.74, 6) is 0. The molecule has 8 heteroatoms. The normalized spacial score (nSPS) is 11.8. The maximum absolute atomic E-state index is 9.93. The summed E-state index contributed by atoms with van der Waals surface area (Å²) in [5.41, 5.74) is 0. The minimum Gasteiger partial charge on any atom is -0.211 e. The fraction of sp³-hybridized carbons (Fsp3) is 0.500. The molecule has 0 aliphatic heterocycles. The van der Waals surface area contributed by atoms with Gasteiger partial charge in [0.15, 0.2) is 12.3 Å². The third-order valence-electron chi connectivity index (χ3n) is 1.49. The zero-order chi connectivity index (χ0) is 12.2. The number of rotatable bonds is 7. The van der Waals surface area contributed by atoms with E-state index in [1.807, 2.05) is 0 Å². The van der Waals surface area contributed by atoms with Crippen molar-refractivity contribution in [2.75, 3.05) is 0 Å². The monoisotopic (exact) mass is 222 g/mol. The molecule has 0 rings (SSSR count). The lowest BCUT2D eigenvalue weighted by molar-refractivity contribution is 0.506. The van der Waals surface area contributed by atoms with Gasteiger partial charge >= 0.3 is 0 Å². The largest absolute Gasteiger partial charge is 0.237 e. The third-order valence-corrected chi connectivity index (χ3v) is 1.49. The molecule has 0 aliphatic rings. The van der Waals surface area contributed by atoms with Gasteiger partial charge in [0.05, 0.1) is 0 Å². The van der Waals surface area contributed by atoms with Crippen LogP contribution in [0.4, 0.5) is 0 Å². The van der Waals surface area contributed by atoms with E-state index in [1.54, 1.807) is 0 Å². The van der Waals surface area contributed by atoms with Gasteiger partial charge in [0, 0.05) is 0 Å². The van der Waals surface area contributed by atoms with E-state index in [0.29, 0.717) is 0 Å². The molecule has 0 amide bonds. The molecule has 0 aromatic rings. The zero-order valence-electron chi connectivity index (χ0n) is 7.99. The topological polar surface area (TPSA) is 118 Å². The molecule has 0 bridgehead atoms. The van der Waals surface area contributed by atoms with Gasteiger partial charge in [-0.1, -0.05) is 0 Å². The Kier molecular flexibility index (Phi) is 7.68. The second-order valence-corrected chi connectivity index (χ2v) is 2.42. The molecule has 0 unspecified atom stereocenters. The zero-order valence-corrected chi connectivity index (χ0v) is 7.99. The van der Waals surface area contributed by atoms with Gasteiger partial charge in [0.2, 0.25) is 24.3 Å². The molecule has 0 aromatic carbocycles. The average molecular weight is 222 g/mol. The van der Waals surface area contributed by atoms with Crippen LogP contribution in [-0.2, 0) is 19.2 Å². The summed E-state index contributed by atoms with van der Waals surface area (Å²) in [7, 11) is 0. The molecular weight excluding hydrogens is 216 g/mol. The molecule has 82 valence electrons. The fourth-order valence-corrected chi connectivity index (χ4v) is 0.857. The van der Waals surface area contributed by atoms with Gasteiger partial charge in [0.25, 0.3) is 0 Å². The summed E-state index contributed by atoms with van der Waals surface area (Å²) in [5, 5.41) is 0. The number of aliphatic imine (C=N–C) groups is 4. The number of isocyanates is 4. The highest BCUT2D eigenvalue weighted by Gasteiger charge is 2.10. The van der Waals surface area contributed by atoms with Crippen LogP contribution in [0.15, 0.2) is 20.0 Å². The smallest absolute Gasteiger partial charge is 0.211 e. The molecule has 0 heterocycles. The molecule has 0 spiro atoms. The van der Waals surface area contributed by atoms with Crippen LogP contribution in [0.5, 0.6) is 0 Å². The molecule has 0 saturated heterocycles. The maximum Gasteiger partial charge on any atom is 0.237 e. The predicted molar refractivity (Wildman–Crippen MR) is 49.3 cm³/mol. The number of hydrogen-bond acceptors (Lipinski definition) is 8. The Bertz CT molecular complexity index is 334. The lowest BCUT2D eigenvalue weighted by atomic mass is 10.2. The van der Waals surface area contributed by atoms with Crippen molar-refractivity contribution in [3.8, 4) is 0 Å². The van der Waals surface area contributed by atoms with Crippen LogP contribution in [0.25, 0.3) is 0 Å². The summed E-state index contributed by atoms with van der Waals surface area (Å²) >= 11 is 0. The third kappa shape index (κ3) is 6.05. The van der Waals surface area contributed by atoms with Gasteiger partial charge in [-0.25, -0.2) is 19.2 Å². The molecule has 0 N–H and O–H groups in total. The van der Waals surface area contributed by atoms with E-state index >= 15 is 0 Å². The first-order valence-electron chi connectivity index (χ1n) is 4.06. The second-order valence-electron chi connectivity index (χ2n) is 2.42. The molecule has 0 radical (unpaired) electrons. The lowest BCUT2D eigenvalue weighted by Crippen LogP contribution is -2.07. The summed E-state index contributed by atoms with van der Waals surface area (Å²) in [6.45, 7) is 0. The minimum absolute atomic E-state index is 0.0888. The maximum atomic E-state index is 9.93. The van der Waals surface area contributed by atoms with Gasteiger partial charge in [0.1, 0.15) is 0 Å². The highest BCUT2D eigenvalue weighted by molar-refractivity contribution is 5.37. The highest BCUT2D eigenvalue weighted by atomic mass is 16.1. The first-order chi connectivity index (χ1) is 7.78. The number of hydrogen-bond donors (Lipinski definition) is 0. The second kappa shape index (κ2) is 9.09. The van der Waals surface area contributed by atoms with Gasteiger partial charge in [-0.05, 0) is 12.8 Å². The quantitative estimate of drug-likeness (QED) is 0.436. The molecule has 0 atom stereocenters. The van der Waals surface area contributed by atoms with Crippen LogP contribution in [0.3, 0.4) is 0 Å². The van der Waals surface area contributed by atoms with E-state index in [2.05, 4.69) is 20.0 Å². The number of nitrogens with zero attached hydrogens (tertiary/aromatic N) is 4. The van der Waals surface area contributed by atoms with Gasteiger partial charge in [-0.3, -0.25) is 0 Å². The summed E-state index contributed by atoms with van der Waals surface area (Å²) < 4.78 is 0. The van der Waals surface area contributed by atoms with Crippen molar-refractivity contribution < 1.29 is 19.2 Å². The SMILES string of the molecule is O=C=NC(CCC(N=C=O)N=C=O)N=C=O. The highest BCUT2D eigenvalue weighted by Crippen LogP contribution is 2.08. The molecule has 0 fully saturated rings. The van der Waals surface area contributed by atoms with Crippen molar-refractivity contribution in [2.24, 2.45) is 20.0 Å². The van der Waals surface area contributed by atoms with Gasteiger partial charge < -0.3 is 0 Å². The lowest BCUT2D eigenvalue weighted by Gasteiger charge is -2.04. The summed E-state index contributed by atoms with van der Waals surface area (Å²) in [6, 6.07) is 0.